The van der Waals surface area contributed by atoms with Crippen LogP contribution in [0.15, 0.2) is 6.07 Å². The van der Waals surface area contributed by atoms with Crippen LogP contribution in [0.4, 0.5) is 0 Å². The minimum atomic E-state index is 0.740. The first-order valence-electron chi connectivity index (χ1n) is 4.78. The van der Waals surface area contributed by atoms with Crippen LogP contribution in [0.3, 0.4) is 0 Å². The lowest BCUT2D eigenvalue weighted by Crippen LogP contribution is -1.99. The van der Waals surface area contributed by atoms with E-state index < -0.39 is 0 Å². The quantitative estimate of drug-likeness (QED) is 0.675. The van der Waals surface area contributed by atoms with Gasteiger partial charge in [0.25, 0.3) is 0 Å². The minimum absolute atomic E-state index is 0.740. The molecule has 0 saturated carbocycles. The molecule has 0 aliphatic carbocycles. The number of hydrogen-bond donors (Lipinski definition) is 0. The molecule has 0 spiro atoms. The van der Waals surface area contributed by atoms with E-state index in [1.54, 1.807) is 0 Å². The molecular formula is C12H18O. The predicted octanol–water partition coefficient (Wildman–Crippen LogP) is 3.32. The SMILES string of the molecule is CCOc1c(C)cc(C)c(C)c1C. The molecule has 1 nitrogen and oxygen atoms in total. The third-order valence-corrected chi connectivity index (χ3v) is 2.57. The van der Waals surface area contributed by atoms with Crippen molar-refractivity contribution in [3.8, 4) is 5.75 Å². The molecular weight excluding hydrogens is 160 g/mol. The number of hydrogen-bond acceptors (Lipinski definition) is 1. The van der Waals surface area contributed by atoms with Crippen molar-refractivity contribution >= 4 is 0 Å². The number of ether oxygens (including phenoxy) is 1. The van der Waals surface area contributed by atoms with E-state index in [2.05, 4.69) is 33.8 Å². The molecule has 0 aliphatic heterocycles. The molecule has 0 radical (unpaired) electrons. The standard InChI is InChI=1S/C12H18O/c1-6-13-12-9(3)7-8(2)10(4)11(12)5/h7H,6H2,1-5H3. The van der Waals surface area contributed by atoms with E-state index in [9.17, 15) is 0 Å². The lowest BCUT2D eigenvalue weighted by molar-refractivity contribution is 0.335. The van der Waals surface area contributed by atoms with Crippen LogP contribution in [0.1, 0.15) is 29.2 Å². The van der Waals surface area contributed by atoms with Crippen molar-refractivity contribution in [3.05, 3.63) is 28.3 Å². The van der Waals surface area contributed by atoms with Crippen molar-refractivity contribution in [2.45, 2.75) is 34.6 Å². The van der Waals surface area contributed by atoms with Crippen LogP contribution in [0.25, 0.3) is 0 Å². The third kappa shape index (κ3) is 1.85. The van der Waals surface area contributed by atoms with Crippen molar-refractivity contribution in [1.29, 1.82) is 0 Å². The summed E-state index contributed by atoms with van der Waals surface area (Å²) in [5.41, 5.74) is 5.20. The number of benzene rings is 1. The first-order valence-corrected chi connectivity index (χ1v) is 4.78. The molecule has 1 aromatic carbocycles. The zero-order valence-electron chi connectivity index (χ0n) is 9.19. The highest BCUT2D eigenvalue weighted by atomic mass is 16.5. The van der Waals surface area contributed by atoms with Gasteiger partial charge in [-0.15, -0.1) is 0 Å². The Morgan fingerprint density at radius 2 is 1.62 bits per heavy atom. The Hall–Kier alpha value is -0.980. The van der Waals surface area contributed by atoms with Gasteiger partial charge < -0.3 is 4.74 Å². The fourth-order valence-corrected chi connectivity index (χ4v) is 1.63. The van der Waals surface area contributed by atoms with E-state index in [1.807, 2.05) is 6.92 Å². The Labute approximate surface area is 80.7 Å². The fraction of sp³-hybridized carbons (Fsp3) is 0.500. The smallest absolute Gasteiger partial charge is 0.125 e. The highest BCUT2D eigenvalue weighted by Crippen LogP contribution is 2.28. The molecule has 0 fully saturated rings. The maximum Gasteiger partial charge on any atom is 0.125 e. The van der Waals surface area contributed by atoms with Crippen molar-refractivity contribution in [2.75, 3.05) is 6.61 Å². The molecule has 13 heavy (non-hydrogen) atoms. The second-order valence-corrected chi connectivity index (χ2v) is 3.52. The molecule has 1 heteroatoms. The summed E-state index contributed by atoms with van der Waals surface area (Å²) in [6.07, 6.45) is 0. The van der Waals surface area contributed by atoms with E-state index >= 15 is 0 Å². The van der Waals surface area contributed by atoms with Gasteiger partial charge in [0, 0.05) is 0 Å². The molecule has 0 amide bonds. The largest absolute Gasteiger partial charge is 0.493 e. The van der Waals surface area contributed by atoms with Crippen LogP contribution in [0.5, 0.6) is 5.75 Å². The summed E-state index contributed by atoms with van der Waals surface area (Å²) in [5.74, 6) is 1.06. The predicted molar refractivity (Wildman–Crippen MR) is 56.6 cm³/mol. The van der Waals surface area contributed by atoms with Crippen molar-refractivity contribution in [1.82, 2.24) is 0 Å². The Morgan fingerprint density at radius 1 is 1.00 bits per heavy atom. The molecule has 1 rings (SSSR count). The Balaban J connectivity index is 3.26. The van der Waals surface area contributed by atoms with Crippen LogP contribution in [-0.4, -0.2) is 6.61 Å². The van der Waals surface area contributed by atoms with E-state index in [-0.39, 0.29) is 0 Å². The van der Waals surface area contributed by atoms with Crippen molar-refractivity contribution in [2.24, 2.45) is 0 Å². The highest BCUT2D eigenvalue weighted by molar-refractivity contribution is 5.48. The Bertz CT molecular complexity index is 313. The number of rotatable bonds is 2. The van der Waals surface area contributed by atoms with Crippen molar-refractivity contribution < 1.29 is 4.74 Å². The zero-order chi connectivity index (χ0) is 10.0. The second-order valence-electron chi connectivity index (χ2n) is 3.52. The van der Waals surface area contributed by atoms with Gasteiger partial charge in [0.05, 0.1) is 6.61 Å². The molecule has 1 aromatic rings. The summed E-state index contributed by atoms with van der Waals surface area (Å²) in [7, 11) is 0. The maximum absolute atomic E-state index is 5.60. The summed E-state index contributed by atoms with van der Waals surface area (Å²) >= 11 is 0. The van der Waals surface area contributed by atoms with Crippen LogP contribution in [-0.2, 0) is 0 Å². The van der Waals surface area contributed by atoms with Crippen molar-refractivity contribution in [3.63, 3.8) is 0 Å². The molecule has 0 N–H and O–H groups in total. The van der Waals surface area contributed by atoms with Gasteiger partial charge in [0.2, 0.25) is 0 Å². The van der Waals surface area contributed by atoms with Gasteiger partial charge >= 0.3 is 0 Å². The fourth-order valence-electron chi connectivity index (χ4n) is 1.63. The van der Waals surface area contributed by atoms with Gasteiger partial charge in [-0.25, -0.2) is 0 Å². The van der Waals surface area contributed by atoms with E-state index in [1.165, 1.54) is 22.3 Å². The summed E-state index contributed by atoms with van der Waals surface area (Å²) in [6.45, 7) is 11.3. The second kappa shape index (κ2) is 3.82. The Morgan fingerprint density at radius 3 is 2.15 bits per heavy atom. The van der Waals surface area contributed by atoms with Gasteiger partial charge in [-0.3, -0.25) is 0 Å². The molecule has 0 bridgehead atoms. The van der Waals surface area contributed by atoms with Gasteiger partial charge in [-0.1, -0.05) is 6.07 Å². The Kier molecular flexibility index (Phi) is 2.97. The average molecular weight is 178 g/mol. The van der Waals surface area contributed by atoms with Gasteiger partial charge in [0.15, 0.2) is 0 Å². The molecule has 0 atom stereocenters. The molecule has 0 heterocycles. The average Bonchev–Trinajstić information content (AvgIpc) is 2.09. The normalized spacial score (nSPS) is 10.2. The van der Waals surface area contributed by atoms with Crippen LogP contribution in [0, 0.1) is 27.7 Å². The van der Waals surface area contributed by atoms with E-state index in [4.69, 9.17) is 4.74 Å². The third-order valence-electron chi connectivity index (χ3n) is 2.57. The summed E-state index contributed by atoms with van der Waals surface area (Å²) in [4.78, 5) is 0. The molecule has 0 aromatic heterocycles. The highest BCUT2D eigenvalue weighted by Gasteiger charge is 2.07. The van der Waals surface area contributed by atoms with E-state index in [0.29, 0.717) is 0 Å². The van der Waals surface area contributed by atoms with Crippen LogP contribution in [0.2, 0.25) is 0 Å². The molecule has 0 saturated heterocycles. The van der Waals surface area contributed by atoms with Crippen LogP contribution < -0.4 is 4.74 Å². The van der Waals surface area contributed by atoms with Gasteiger partial charge in [-0.05, 0) is 56.9 Å². The summed E-state index contributed by atoms with van der Waals surface area (Å²) < 4.78 is 5.60. The lowest BCUT2D eigenvalue weighted by Gasteiger charge is -2.14. The van der Waals surface area contributed by atoms with Gasteiger partial charge in [-0.2, -0.15) is 0 Å². The molecule has 72 valence electrons. The first-order chi connectivity index (χ1) is 6.07. The monoisotopic (exact) mass is 178 g/mol. The molecule has 0 aliphatic rings. The molecule has 0 unspecified atom stereocenters. The van der Waals surface area contributed by atoms with Gasteiger partial charge in [0.1, 0.15) is 5.75 Å². The first kappa shape index (κ1) is 10.1. The summed E-state index contributed by atoms with van der Waals surface area (Å²) in [5, 5.41) is 0. The van der Waals surface area contributed by atoms with Crippen LogP contribution >= 0.6 is 0 Å². The maximum atomic E-state index is 5.60. The van der Waals surface area contributed by atoms with E-state index in [0.717, 1.165) is 12.4 Å². The lowest BCUT2D eigenvalue weighted by atomic mass is 10.00. The minimum Gasteiger partial charge on any atom is -0.493 e. The number of aryl methyl sites for hydroxylation is 2. The topological polar surface area (TPSA) is 9.23 Å². The zero-order valence-corrected chi connectivity index (χ0v) is 9.19. The summed E-state index contributed by atoms with van der Waals surface area (Å²) in [6, 6.07) is 2.19.